The molecule has 0 saturated heterocycles. The van der Waals surface area contributed by atoms with E-state index in [1.165, 1.54) is 12.5 Å². The van der Waals surface area contributed by atoms with Crippen LogP contribution in [0, 0.1) is 6.92 Å². The molecule has 24 heavy (non-hydrogen) atoms. The van der Waals surface area contributed by atoms with Crippen molar-refractivity contribution in [2.75, 3.05) is 5.32 Å². The van der Waals surface area contributed by atoms with Gasteiger partial charge in [-0.3, -0.25) is 4.79 Å². The Morgan fingerprint density at radius 1 is 1.12 bits per heavy atom. The first-order chi connectivity index (χ1) is 11.5. The molecule has 0 fully saturated rings. The molecule has 1 amide bonds. The Morgan fingerprint density at radius 2 is 1.79 bits per heavy atom. The Balaban J connectivity index is 1.79. The molecule has 2 aromatic carbocycles. The van der Waals surface area contributed by atoms with Crippen molar-refractivity contribution in [3.8, 4) is 11.3 Å². The van der Waals surface area contributed by atoms with Gasteiger partial charge in [-0.15, -0.1) is 11.3 Å². The number of aromatic nitrogens is 1. The number of amides is 1. The van der Waals surface area contributed by atoms with Crippen molar-refractivity contribution in [1.82, 2.24) is 4.98 Å². The molecule has 0 spiro atoms. The lowest BCUT2D eigenvalue weighted by molar-refractivity contribution is -0.114. The summed E-state index contributed by atoms with van der Waals surface area (Å²) in [5.74, 6) is -0.0808. The SMILES string of the molecule is CC(=O)Nc1ccc(-c2csc(C(N)c3ccc(C)cc3)n2)cc1. The molecule has 3 rings (SSSR count). The minimum Gasteiger partial charge on any atom is -0.326 e. The third-order valence-corrected chi connectivity index (χ3v) is 4.65. The molecule has 5 heteroatoms. The Kier molecular flexibility index (Phi) is 4.74. The first kappa shape index (κ1) is 16.4. The maximum atomic E-state index is 11.1. The third kappa shape index (κ3) is 3.69. The second-order valence-corrected chi connectivity index (χ2v) is 6.61. The second kappa shape index (κ2) is 6.95. The molecule has 3 N–H and O–H groups in total. The van der Waals surface area contributed by atoms with Gasteiger partial charge in [0.15, 0.2) is 0 Å². The largest absolute Gasteiger partial charge is 0.326 e. The summed E-state index contributed by atoms with van der Waals surface area (Å²) in [6.45, 7) is 3.55. The minimum atomic E-state index is -0.219. The van der Waals surface area contributed by atoms with Crippen molar-refractivity contribution in [3.63, 3.8) is 0 Å². The van der Waals surface area contributed by atoms with Crippen molar-refractivity contribution in [3.05, 3.63) is 70.0 Å². The molecule has 1 aromatic heterocycles. The normalized spacial score (nSPS) is 12.0. The molecule has 0 aliphatic carbocycles. The van der Waals surface area contributed by atoms with Crippen LogP contribution >= 0.6 is 11.3 Å². The summed E-state index contributed by atoms with van der Waals surface area (Å²) in [6, 6.07) is 15.6. The Hall–Kier alpha value is -2.50. The quantitative estimate of drug-likeness (QED) is 0.752. The van der Waals surface area contributed by atoms with Gasteiger partial charge in [-0.2, -0.15) is 0 Å². The number of nitrogens with one attached hydrogen (secondary N) is 1. The van der Waals surface area contributed by atoms with E-state index < -0.39 is 0 Å². The van der Waals surface area contributed by atoms with Crippen LogP contribution in [0.4, 0.5) is 5.69 Å². The van der Waals surface area contributed by atoms with Crippen molar-refractivity contribution >= 4 is 22.9 Å². The average molecular weight is 337 g/mol. The maximum absolute atomic E-state index is 11.1. The van der Waals surface area contributed by atoms with Crippen LogP contribution < -0.4 is 11.1 Å². The van der Waals surface area contributed by atoms with E-state index in [2.05, 4.69) is 29.4 Å². The molecule has 0 aliphatic heterocycles. The predicted octanol–water partition coefficient (Wildman–Crippen LogP) is 4.13. The maximum Gasteiger partial charge on any atom is 0.221 e. The smallest absolute Gasteiger partial charge is 0.221 e. The second-order valence-electron chi connectivity index (χ2n) is 5.72. The molecule has 1 heterocycles. The number of hydrogen-bond acceptors (Lipinski definition) is 4. The van der Waals surface area contributed by atoms with E-state index in [0.717, 1.165) is 27.5 Å². The molecule has 122 valence electrons. The third-order valence-electron chi connectivity index (χ3n) is 3.73. The lowest BCUT2D eigenvalue weighted by Gasteiger charge is -2.09. The summed E-state index contributed by atoms with van der Waals surface area (Å²) in [4.78, 5) is 15.7. The van der Waals surface area contributed by atoms with Crippen LogP contribution in [0.15, 0.2) is 53.9 Å². The Bertz CT molecular complexity index is 838. The number of hydrogen-bond donors (Lipinski definition) is 2. The molecular weight excluding hydrogens is 318 g/mol. The molecule has 1 unspecified atom stereocenters. The van der Waals surface area contributed by atoms with Gasteiger partial charge >= 0.3 is 0 Å². The van der Waals surface area contributed by atoms with Crippen LogP contribution in [0.25, 0.3) is 11.3 Å². The minimum absolute atomic E-state index is 0.0808. The predicted molar refractivity (Wildman–Crippen MR) is 99.1 cm³/mol. The van der Waals surface area contributed by atoms with Gasteiger partial charge in [-0.05, 0) is 24.6 Å². The zero-order chi connectivity index (χ0) is 17.1. The van der Waals surface area contributed by atoms with E-state index in [-0.39, 0.29) is 11.9 Å². The van der Waals surface area contributed by atoms with Gasteiger partial charge in [0.1, 0.15) is 5.01 Å². The monoisotopic (exact) mass is 337 g/mol. The van der Waals surface area contributed by atoms with E-state index in [4.69, 9.17) is 5.73 Å². The number of benzene rings is 2. The van der Waals surface area contributed by atoms with E-state index in [1.807, 2.05) is 41.8 Å². The number of nitrogens with zero attached hydrogens (tertiary/aromatic N) is 1. The number of anilines is 1. The number of carbonyl (C=O) groups is 1. The zero-order valence-corrected chi connectivity index (χ0v) is 14.4. The highest BCUT2D eigenvalue weighted by molar-refractivity contribution is 7.10. The molecule has 1 atom stereocenters. The molecule has 4 nitrogen and oxygen atoms in total. The van der Waals surface area contributed by atoms with Crippen molar-refractivity contribution in [1.29, 1.82) is 0 Å². The van der Waals surface area contributed by atoms with Crippen molar-refractivity contribution < 1.29 is 4.79 Å². The average Bonchev–Trinajstić information content (AvgIpc) is 3.05. The molecule has 0 bridgehead atoms. The molecular formula is C19H19N3OS. The van der Waals surface area contributed by atoms with Gasteiger partial charge in [0.05, 0.1) is 11.7 Å². The van der Waals surface area contributed by atoms with E-state index in [0.29, 0.717) is 0 Å². The Labute approximate surface area is 145 Å². The standard InChI is InChI=1S/C19H19N3OS/c1-12-3-5-15(6-4-12)18(20)19-22-17(11-24-19)14-7-9-16(10-8-14)21-13(2)23/h3-11,18H,20H2,1-2H3,(H,21,23). The number of aryl methyl sites for hydroxylation is 1. The lowest BCUT2D eigenvalue weighted by Crippen LogP contribution is -2.11. The van der Waals surface area contributed by atoms with E-state index in [1.54, 1.807) is 11.3 Å². The van der Waals surface area contributed by atoms with Crippen LogP contribution in [-0.4, -0.2) is 10.9 Å². The fourth-order valence-corrected chi connectivity index (χ4v) is 3.26. The van der Waals surface area contributed by atoms with E-state index >= 15 is 0 Å². The molecule has 0 saturated carbocycles. The highest BCUT2D eigenvalue weighted by atomic mass is 32.1. The topological polar surface area (TPSA) is 68.0 Å². The van der Waals surface area contributed by atoms with Gasteiger partial charge in [0, 0.05) is 23.6 Å². The lowest BCUT2D eigenvalue weighted by atomic mass is 10.1. The van der Waals surface area contributed by atoms with Gasteiger partial charge in [-0.25, -0.2) is 4.98 Å². The summed E-state index contributed by atoms with van der Waals surface area (Å²) in [7, 11) is 0. The number of thiazole rings is 1. The number of rotatable bonds is 4. The zero-order valence-electron chi connectivity index (χ0n) is 13.6. The first-order valence-corrected chi connectivity index (χ1v) is 8.56. The highest BCUT2D eigenvalue weighted by Gasteiger charge is 2.14. The number of carbonyl (C=O) groups excluding carboxylic acids is 1. The highest BCUT2D eigenvalue weighted by Crippen LogP contribution is 2.28. The summed E-state index contributed by atoms with van der Waals surface area (Å²) in [6.07, 6.45) is 0. The molecule has 0 aliphatic rings. The summed E-state index contributed by atoms with van der Waals surface area (Å²) in [5, 5.41) is 5.66. The van der Waals surface area contributed by atoms with Crippen LogP contribution in [0.5, 0.6) is 0 Å². The fourth-order valence-electron chi connectivity index (χ4n) is 2.41. The summed E-state index contributed by atoms with van der Waals surface area (Å²) in [5.41, 5.74) is 11.3. The van der Waals surface area contributed by atoms with Gasteiger partial charge in [0.2, 0.25) is 5.91 Å². The van der Waals surface area contributed by atoms with Gasteiger partial charge < -0.3 is 11.1 Å². The first-order valence-electron chi connectivity index (χ1n) is 7.68. The summed E-state index contributed by atoms with van der Waals surface area (Å²) < 4.78 is 0. The van der Waals surface area contributed by atoms with Gasteiger partial charge in [0.25, 0.3) is 0 Å². The van der Waals surface area contributed by atoms with Crippen LogP contribution in [0.2, 0.25) is 0 Å². The fraction of sp³-hybridized carbons (Fsp3) is 0.158. The number of nitrogens with two attached hydrogens (primary N) is 1. The molecule has 3 aromatic rings. The van der Waals surface area contributed by atoms with Crippen LogP contribution in [0.3, 0.4) is 0 Å². The Morgan fingerprint density at radius 3 is 2.42 bits per heavy atom. The van der Waals surface area contributed by atoms with Gasteiger partial charge in [-0.1, -0.05) is 42.0 Å². The van der Waals surface area contributed by atoms with E-state index in [9.17, 15) is 4.79 Å². The summed E-state index contributed by atoms with van der Waals surface area (Å²) >= 11 is 1.56. The van der Waals surface area contributed by atoms with Crippen LogP contribution in [-0.2, 0) is 4.79 Å². The van der Waals surface area contributed by atoms with Crippen molar-refractivity contribution in [2.45, 2.75) is 19.9 Å². The van der Waals surface area contributed by atoms with Crippen molar-refractivity contribution in [2.24, 2.45) is 5.73 Å². The molecule has 0 radical (unpaired) electrons. The van der Waals surface area contributed by atoms with Crippen LogP contribution in [0.1, 0.15) is 29.1 Å².